The van der Waals surface area contributed by atoms with Crippen molar-refractivity contribution >= 4 is 40.5 Å². The van der Waals surface area contributed by atoms with Gasteiger partial charge in [0.2, 0.25) is 0 Å². The zero-order chi connectivity index (χ0) is 23.4. The van der Waals surface area contributed by atoms with E-state index >= 15 is 0 Å². The van der Waals surface area contributed by atoms with Crippen molar-refractivity contribution in [1.29, 1.82) is 0 Å². The first kappa shape index (κ1) is 22.9. The lowest BCUT2D eigenvalue weighted by atomic mass is 9.97. The van der Waals surface area contributed by atoms with Crippen molar-refractivity contribution in [3.63, 3.8) is 0 Å². The smallest absolute Gasteiger partial charge is 0.255 e. The molecule has 2 heterocycles. The molecule has 170 valence electrons. The molecule has 0 radical (unpaired) electrons. The molecule has 1 aliphatic rings. The summed E-state index contributed by atoms with van der Waals surface area (Å²) < 4.78 is 11.4. The molecule has 33 heavy (non-hydrogen) atoms. The summed E-state index contributed by atoms with van der Waals surface area (Å²) in [6.07, 6.45) is 3.39. The van der Waals surface area contributed by atoms with Crippen LogP contribution in [-0.4, -0.2) is 35.9 Å². The van der Waals surface area contributed by atoms with Crippen LogP contribution < -0.4 is 14.8 Å². The number of carbonyl (C=O) groups excluding carboxylic acids is 1. The van der Waals surface area contributed by atoms with Gasteiger partial charge in [-0.2, -0.15) is 0 Å². The molecule has 1 atom stereocenters. The Kier molecular flexibility index (Phi) is 6.72. The molecule has 0 aliphatic carbocycles. The third kappa shape index (κ3) is 5.21. The van der Waals surface area contributed by atoms with E-state index in [9.17, 15) is 4.79 Å². The van der Waals surface area contributed by atoms with Crippen LogP contribution in [0.25, 0.3) is 0 Å². The number of oxime groups is 1. The molecule has 2 aromatic carbocycles. The van der Waals surface area contributed by atoms with Gasteiger partial charge in [-0.25, -0.2) is 0 Å². The SMILES string of the molecule is COc1ccc(C(=O)Nc2c(Cl)cncc2Cl)cc1OCC1(C)CC(c2ccccc2)=NO1. The first-order valence-corrected chi connectivity index (χ1v) is 10.9. The van der Waals surface area contributed by atoms with Crippen LogP contribution in [0.2, 0.25) is 10.0 Å². The van der Waals surface area contributed by atoms with Crippen molar-refractivity contribution in [3.8, 4) is 11.5 Å². The third-order valence-corrected chi connectivity index (χ3v) is 5.65. The minimum absolute atomic E-state index is 0.205. The summed E-state index contributed by atoms with van der Waals surface area (Å²) >= 11 is 12.2. The Balaban J connectivity index is 1.47. The Morgan fingerprint density at radius 2 is 1.85 bits per heavy atom. The molecule has 0 spiro atoms. The fourth-order valence-electron chi connectivity index (χ4n) is 3.32. The molecule has 0 fully saturated rings. The van der Waals surface area contributed by atoms with Crippen molar-refractivity contribution in [2.24, 2.45) is 5.16 Å². The maximum atomic E-state index is 12.8. The fraction of sp³-hybridized carbons (Fsp3) is 0.208. The van der Waals surface area contributed by atoms with Gasteiger partial charge in [0.1, 0.15) is 6.61 Å². The van der Waals surface area contributed by atoms with Crippen LogP contribution >= 0.6 is 23.2 Å². The van der Waals surface area contributed by atoms with Gasteiger partial charge in [-0.1, -0.05) is 58.7 Å². The number of methoxy groups -OCH3 is 1. The van der Waals surface area contributed by atoms with E-state index in [2.05, 4.69) is 15.5 Å². The summed E-state index contributed by atoms with van der Waals surface area (Å²) in [5.41, 5.74) is 1.83. The Bertz CT molecular complexity index is 1180. The van der Waals surface area contributed by atoms with Gasteiger partial charge >= 0.3 is 0 Å². The Hall–Kier alpha value is -3.29. The molecule has 3 aromatic rings. The van der Waals surface area contributed by atoms with E-state index in [0.29, 0.717) is 23.5 Å². The van der Waals surface area contributed by atoms with Gasteiger partial charge in [0, 0.05) is 24.4 Å². The fourth-order valence-corrected chi connectivity index (χ4v) is 3.78. The lowest BCUT2D eigenvalue weighted by Crippen LogP contribution is -2.33. The predicted octanol–water partition coefficient (Wildman–Crippen LogP) is 5.61. The Labute approximate surface area is 201 Å². The number of ether oxygens (including phenoxy) is 2. The number of nitrogens with one attached hydrogen (secondary N) is 1. The van der Waals surface area contributed by atoms with Crippen LogP contribution in [0.4, 0.5) is 5.69 Å². The van der Waals surface area contributed by atoms with Crippen LogP contribution in [-0.2, 0) is 4.84 Å². The van der Waals surface area contributed by atoms with E-state index in [1.54, 1.807) is 18.2 Å². The second-order valence-corrected chi connectivity index (χ2v) is 8.52. The predicted molar refractivity (Wildman–Crippen MR) is 128 cm³/mol. The second kappa shape index (κ2) is 9.68. The highest BCUT2D eigenvalue weighted by Gasteiger charge is 2.36. The molecular weight excluding hydrogens is 465 g/mol. The van der Waals surface area contributed by atoms with Crippen LogP contribution in [0.3, 0.4) is 0 Å². The minimum atomic E-state index is -0.660. The summed E-state index contributed by atoms with van der Waals surface area (Å²) in [6, 6.07) is 14.7. The number of aromatic nitrogens is 1. The lowest BCUT2D eigenvalue weighted by molar-refractivity contribution is -0.0361. The molecule has 0 bridgehead atoms. The van der Waals surface area contributed by atoms with Crippen LogP contribution in [0, 0.1) is 0 Å². The molecule has 1 unspecified atom stereocenters. The number of hydrogen-bond donors (Lipinski definition) is 1. The summed E-state index contributed by atoms with van der Waals surface area (Å²) in [7, 11) is 1.53. The molecule has 1 amide bonds. The maximum Gasteiger partial charge on any atom is 0.255 e. The Morgan fingerprint density at radius 1 is 1.12 bits per heavy atom. The van der Waals surface area contributed by atoms with Crippen molar-refractivity contribution in [2.75, 3.05) is 19.0 Å². The van der Waals surface area contributed by atoms with Crippen molar-refractivity contribution in [3.05, 3.63) is 82.1 Å². The van der Waals surface area contributed by atoms with E-state index < -0.39 is 11.5 Å². The van der Waals surface area contributed by atoms with Gasteiger partial charge in [0.25, 0.3) is 5.91 Å². The van der Waals surface area contributed by atoms with Crippen molar-refractivity contribution < 1.29 is 19.1 Å². The number of anilines is 1. The number of hydrogen-bond acceptors (Lipinski definition) is 6. The zero-order valence-electron chi connectivity index (χ0n) is 18.0. The number of nitrogens with zero attached hydrogens (tertiary/aromatic N) is 2. The first-order valence-electron chi connectivity index (χ1n) is 10.1. The van der Waals surface area contributed by atoms with E-state index in [4.69, 9.17) is 37.5 Å². The topological polar surface area (TPSA) is 82.0 Å². The quantitative estimate of drug-likeness (QED) is 0.470. The number of rotatable bonds is 7. The monoisotopic (exact) mass is 485 g/mol. The molecule has 4 rings (SSSR count). The van der Waals surface area contributed by atoms with Gasteiger partial charge in [-0.05, 0) is 30.7 Å². The highest BCUT2D eigenvalue weighted by Crippen LogP contribution is 2.33. The van der Waals surface area contributed by atoms with Crippen molar-refractivity contribution in [2.45, 2.75) is 18.9 Å². The van der Waals surface area contributed by atoms with Crippen LogP contribution in [0.15, 0.2) is 66.1 Å². The van der Waals surface area contributed by atoms with E-state index in [0.717, 1.165) is 11.3 Å². The summed E-state index contributed by atoms with van der Waals surface area (Å²) in [5.74, 6) is 0.475. The summed E-state index contributed by atoms with van der Waals surface area (Å²) in [4.78, 5) is 22.4. The molecule has 0 saturated carbocycles. The standard InChI is InChI=1S/C24H21Cl2N3O4/c1-24(11-19(29-33-24)15-6-4-3-5-7-15)14-32-21-10-16(8-9-20(21)31-2)23(30)28-22-17(25)12-27-13-18(22)26/h3-10,12-13H,11,14H2,1-2H3,(H,27,28,30). The number of carbonyl (C=O) groups is 1. The van der Waals surface area contributed by atoms with Crippen molar-refractivity contribution in [1.82, 2.24) is 4.98 Å². The maximum absolute atomic E-state index is 12.8. The average molecular weight is 486 g/mol. The Morgan fingerprint density at radius 3 is 2.55 bits per heavy atom. The number of halogens is 2. The van der Waals surface area contributed by atoms with Gasteiger partial charge in [-0.15, -0.1) is 0 Å². The van der Waals surface area contributed by atoms with E-state index in [-0.39, 0.29) is 22.3 Å². The number of amides is 1. The van der Waals surface area contributed by atoms with Crippen LogP contribution in [0.1, 0.15) is 29.3 Å². The molecule has 1 aromatic heterocycles. The van der Waals surface area contributed by atoms with Crippen LogP contribution in [0.5, 0.6) is 11.5 Å². The van der Waals surface area contributed by atoms with E-state index in [1.807, 2.05) is 37.3 Å². The first-order chi connectivity index (χ1) is 15.9. The summed E-state index contributed by atoms with van der Waals surface area (Å²) in [5, 5.41) is 7.41. The third-order valence-electron chi connectivity index (χ3n) is 5.08. The van der Waals surface area contributed by atoms with Gasteiger partial charge < -0.3 is 19.6 Å². The normalized spacial score (nSPS) is 17.2. The average Bonchev–Trinajstić information content (AvgIpc) is 3.23. The number of pyridine rings is 1. The number of benzene rings is 2. The molecule has 9 heteroatoms. The summed E-state index contributed by atoms with van der Waals surface area (Å²) in [6.45, 7) is 2.12. The minimum Gasteiger partial charge on any atom is -0.493 e. The lowest BCUT2D eigenvalue weighted by Gasteiger charge is -2.22. The second-order valence-electron chi connectivity index (χ2n) is 7.71. The zero-order valence-corrected chi connectivity index (χ0v) is 19.5. The largest absolute Gasteiger partial charge is 0.493 e. The van der Waals surface area contributed by atoms with Gasteiger partial charge in [0.15, 0.2) is 17.1 Å². The molecular formula is C24H21Cl2N3O4. The molecule has 1 aliphatic heterocycles. The van der Waals surface area contributed by atoms with Gasteiger partial charge in [0.05, 0.1) is 28.6 Å². The molecule has 7 nitrogen and oxygen atoms in total. The highest BCUT2D eigenvalue weighted by atomic mass is 35.5. The molecule has 1 N–H and O–H groups in total. The van der Waals surface area contributed by atoms with E-state index in [1.165, 1.54) is 19.5 Å². The highest BCUT2D eigenvalue weighted by molar-refractivity contribution is 6.39. The molecule has 0 saturated heterocycles. The van der Waals surface area contributed by atoms with Gasteiger partial charge in [-0.3, -0.25) is 9.78 Å².